The fourth-order valence-electron chi connectivity index (χ4n) is 2.02. The van der Waals surface area contributed by atoms with Gasteiger partial charge in [-0.2, -0.15) is 0 Å². The second-order valence-corrected chi connectivity index (χ2v) is 5.79. The van der Waals surface area contributed by atoms with Gasteiger partial charge in [0.25, 0.3) is 0 Å². The molecular formula is C11H13NS2. The Kier molecular flexibility index (Phi) is 2.22. The average molecular weight is 223 g/mol. The molecule has 3 rings (SSSR count). The summed E-state index contributed by atoms with van der Waals surface area (Å²) in [5.41, 5.74) is 0. The van der Waals surface area contributed by atoms with Crippen LogP contribution in [0.2, 0.25) is 0 Å². The summed E-state index contributed by atoms with van der Waals surface area (Å²) in [6, 6.07) is 4.59. The van der Waals surface area contributed by atoms with E-state index in [1.165, 1.54) is 46.8 Å². The van der Waals surface area contributed by atoms with Gasteiger partial charge in [-0.1, -0.05) is 0 Å². The molecule has 3 heteroatoms. The van der Waals surface area contributed by atoms with Gasteiger partial charge in [-0.3, -0.25) is 0 Å². The summed E-state index contributed by atoms with van der Waals surface area (Å²) in [5.74, 6) is 0. The topological polar surface area (TPSA) is 3.24 Å². The Bertz CT molecular complexity index is 395. The van der Waals surface area contributed by atoms with Crippen LogP contribution in [-0.4, -0.2) is 13.1 Å². The molecule has 0 bridgehead atoms. The predicted molar refractivity (Wildman–Crippen MR) is 65.8 cm³/mol. The first-order chi connectivity index (χ1) is 6.93. The molecule has 0 atom stereocenters. The van der Waals surface area contributed by atoms with Crippen LogP contribution < -0.4 is 4.90 Å². The molecule has 0 amide bonds. The zero-order valence-corrected chi connectivity index (χ0v) is 9.66. The molecule has 1 aliphatic heterocycles. The van der Waals surface area contributed by atoms with E-state index in [2.05, 4.69) is 22.4 Å². The van der Waals surface area contributed by atoms with Gasteiger partial charge in [-0.25, -0.2) is 0 Å². The van der Waals surface area contributed by atoms with Gasteiger partial charge < -0.3 is 4.90 Å². The van der Waals surface area contributed by atoms with Gasteiger partial charge in [0.2, 0.25) is 0 Å². The minimum absolute atomic E-state index is 1.26. The summed E-state index contributed by atoms with van der Waals surface area (Å²) < 4.78 is 2.91. The summed E-state index contributed by atoms with van der Waals surface area (Å²) >= 11 is 3.80. The van der Waals surface area contributed by atoms with Crippen molar-refractivity contribution in [3.8, 4) is 0 Å². The minimum atomic E-state index is 1.26. The molecule has 0 aromatic carbocycles. The van der Waals surface area contributed by atoms with Gasteiger partial charge in [0, 0.05) is 22.5 Å². The zero-order chi connectivity index (χ0) is 9.38. The lowest BCUT2D eigenvalue weighted by Crippen LogP contribution is -2.28. The maximum absolute atomic E-state index is 2.54. The lowest BCUT2D eigenvalue weighted by molar-refractivity contribution is 0.580. The Morgan fingerprint density at radius 3 is 2.71 bits per heavy atom. The Balaban J connectivity index is 1.92. The van der Waals surface area contributed by atoms with E-state index in [1.54, 1.807) is 0 Å². The van der Waals surface area contributed by atoms with E-state index < -0.39 is 0 Å². The smallest absolute Gasteiger partial charge is 0.0929 e. The van der Waals surface area contributed by atoms with Gasteiger partial charge in [-0.05, 0) is 36.8 Å². The summed E-state index contributed by atoms with van der Waals surface area (Å²) in [7, 11) is 0. The van der Waals surface area contributed by atoms with Crippen LogP contribution in [0.15, 0.2) is 17.5 Å². The first-order valence-corrected chi connectivity index (χ1v) is 6.85. The number of anilines is 1. The van der Waals surface area contributed by atoms with Gasteiger partial charge in [-0.15, -0.1) is 22.7 Å². The van der Waals surface area contributed by atoms with E-state index in [0.717, 1.165) is 0 Å². The molecule has 0 spiro atoms. The Hall–Kier alpha value is -0.540. The minimum Gasteiger partial charge on any atom is -0.363 e. The van der Waals surface area contributed by atoms with E-state index in [1.807, 2.05) is 22.7 Å². The highest BCUT2D eigenvalue weighted by Crippen LogP contribution is 2.36. The van der Waals surface area contributed by atoms with Crippen molar-refractivity contribution in [3.05, 3.63) is 17.5 Å². The van der Waals surface area contributed by atoms with Crippen molar-refractivity contribution in [1.29, 1.82) is 0 Å². The number of piperidine rings is 1. The molecular weight excluding hydrogens is 210 g/mol. The quantitative estimate of drug-likeness (QED) is 0.707. The molecule has 2 aromatic heterocycles. The largest absolute Gasteiger partial charge is 0.363 e. The van der Waals surface area contributed by atoms with Crippen LogP contribution in [0.5, 0.6) is 0 Å². The zero-order valence-electron chi connectivity index (χ0n) is 8.03. The Morgan fingerprint density at radius 1 is 1.07 bits per heavy atom. The van der Waals surface area contributed by atoms with Gasteiger partial charge in [0.05, 0.1) is 5.00 Å². The molecule has 0 unspecified atom stereocenters. The lowest BCUT2D eigenvalue weighted by Gasteiger charge is -2.26. The number of nitrogens with zero attached hydrogens (tertiary/aromatic N) is 1. The van der Waals surface area contributed by atoms with Crippen molar-refractivity contribution in [2.45, 2.75) is 19.3 Å². The van der Waals surface area contributed by atoms with Crippen LogP contribution >= 0.6 is 22.7 Å². The SMILES string of the molecule is c1cc2sc(N3CCCCC3)cc2s1. The van der Waals surface area contributed by atoms with Crippen LogP contribution in [0.3, 0.4) is 0 Å². The molecule has 1 nitrogen and oxygen atoms in total. The monoisotopic (exact) mass is 223 g/mol. The molecule has 74 valence electrons. The van der Waals surface area contributed by atoms with E-state index >= 15 is 0 Å². The van der Waals surface area contributed by atoms with E-state index in [9.17, 15) is 0 Å². The fourth-order valence-corrected chi connectivity index (χ4v) is 4.18. The van der Waals surface area contributed by atoms with Crippen LogP contribution in [0, 0.1) is 0 Å². The summed E-state index contributed by atoms with van der Waals surface area (Å²) in [6.45, 7) is 2.52. The summed E-state index contributed by atoms with van der Waals surface area (Å²) in [5, 5.41) is 3.66. The molecule has 3 heterocycles. The molecule has 2 aromatic rings. The normalized spacial score (nSPS) is 17.9. The first kappa shape index (κ1) is 8.74. The number of thiophene rings is 2. The van der Waals surface area contributed by atoms with Crippen molar-refractivity contribution < 1.29 is 0 Å². The second kappa shape index (κ2) is 3.55. The van der Waals surface area contributed by atoms with Crippen molar-refractivity contribution >= 4 is 37.1 Å². The van der Waals surface area contributed by atoms with Crippen LogP contribution in [-0.2, 0) is 0 Å². The van der Waals surface area contributed by atoms with E-state index in [-0.39, 0.29) is 0 Å². The highest BCUT2D eigenvalue weighted by molar-refractivity contribution is 7.29. The van der Waals surface area contributed by atoms with Crippen molar-refractivity contribution in [2.24, 2.45) is 0 Å². The van der Waals surface area contributed by atoms with Crippen LogP contribution in [0.4, 0.5) is 5.00 Å². The molecule has 0 radical (unpaired) electrons. The summed E-state index contributed by atoms with van der Waals surface area (Å²) in [6.07, 6.45) is 4.15. The molecule has 1 saturated heterocycles. The second-order valence-electron chi connectivity index (χ2n) is 3.78. The van der Waals surface area contributed by atoms with Gasteiger partial charge in [0.1, 0.15) is 0 Å². The van der Waals surface area contributed by atoms with E-state index in [0.29, 0.717) is 0 Å². The predicted octanol–water partition coefficient (Wildman–Crippen LogP) is 3.95. The number of rotatable bonds is 1. The molecule has 0 saturated carbocycles. The van der Waals surface area contributed by atoms with Crippen molar-refractivity contribution in [2.75, 3.05) is 18.0 Å². The first-order valence-electron chi connectivity index (χ1n) is 5.15. The highest BCUT2D eigenvalue weighted by Gasteiger charge is 2.13. The third-order valence-corrected chi connectivity index (χ3v) is 4.95. The van der Waals surface area contributed by atoms with Crippen molar-refractivity contribution in [1.82, 2.24) is 0 Å². The third-order valence-electron chi connectivity index (χ3n) is 2.79. The molecule has 0 N–H and O–H groups in total. The lowest BCUT2D eigenvalue weighted by atomic mass is 10.1. The molecule has 0 aliphatic carbocycles. The Morgan fingerprint density at radius 2 is 1.93 bits per heavy atom. The maximum atomic E-state index is 2.54. The van der Waals surface area contributed by atoms with Gasteiger partial charge >= 0.3 is 0 Å². The van der Waals surface area contributed by atoms with Gasteiger partial charge in [0.15, 0.2) is 0 Å². The number of fused-ring (bicyclic) bond motifs is 1. The van der Waals surface area contributed by atoms with Crippen LogP contribution in [0.1, 0.15) is 19.3 Å². The molecule has 1 aliphatic rings. The highest BCUT2D eigenvalue weighted by atomic mass is 32.1. The van der Waals surface area contributed by atoms with E-state index in [4.69, 9.17) is 0 Å². The number of hydrogen-bond acceptors (Lipinski definition) is 3. The third kappa shape index (κ3) is 1.44. The fraction of sp³-hybridized carbons (Fsp3) is 0.455. The average Bonchev–Trinajstić information content (AvgIpc) is 2.78. The molecule has 1 fully saturated rings. The Labute approximate surface area is 92.0 Å². The maximum Gasteiger partial charge on any atom is 0.0929 e. The molecule has 14 heavy (non-hydrogen) atoms. The summed E-state index contributed by atoms with van der Waals surface area (Å²) in [4.78, 5) is 2.54. The number of hydrogen-bond donors (Lipinski definition) is 0. The van der Waals surface area contributed by atoms with Crippen molar-refractivity contribution in [3.63, 3.8) is 0 Å². The standard InChI is InChI=1S/C11H13NS2/c1-2-5-12(6-3-1)11-8-10-9(14-11)4-7-13-10/h4,7-8H,1-3,5-6H2. The van der Waals surface area contributed by atoms with Crippen LogP contribution in [0.25, 0.3) is 9.40 Å².